The summed E-state index contributed by atoms with van der Waals surface area (Å²) in [7, 11) is 0. The van der Waals surface area contributed by atoms with E-state index in [0.717, 1.165) is 10.0 Å². The monoisotopic (exact) mass is 353 g/mol. The van der Waals surface area contributed by atoms with Crippen molar-refractivity contribution in [1.29, 1.82) is 0 Å². The number of amides is 1. The quantitative estimate of drug-likeness (QED) is 0.631. The van der Waals surface area contributed by atoms with Crippen molar-refractivity contribution >= 4 is 33.9 Å². The van der Waals surface area contributed by atoms with Crippen LogP contribution in [-0.4, -0.2) is 24.5 Å². The highest BCUT2D eigenvalue weighted by Crippen LogP contribution is 2.11. The summed E-state index contributed by atoms with van der Waals surface area (Å²) in [5.74, 6) is -0.492. The Balaban J connectivity index is 2.37. The summed E-state index contributed by atoms with van der Waals surface area (Å²) in [6.45, 7) is 5.67. The second-order valence-corrected chi connectivity index (χ2v) is 6.01. The molecule has 0 aliphatic rings. The normalized spacial score (nSPS) is 12.4. The number of hydrogen-bond donors (Lipinski definition) is 1. The van der Waals surface area contributed by atoms with Crippen molar-refractivity contribution in [3.8, 4) is 0 Å². The molecule has 0 fully saturated rings. The zero-order valence-electron chi connectivity index (χ0n) is 12.4. The number of nitrogens with one attached hydrogen (secondary N) is 1. The highest BCUT2D eigenvalue weighted by atomic mass is 79.9. The molecule has 114 valence electrons. The Labute approximate surface area is 133 Å². The third-order valence-electron chi connectivity index (χ3n) is 3.02. The number of esters is 1. The maximum absolute atomic E-state index is 11.6. The number of hydrogen-bond acceptors (Lipinski definition) is 3. The van der Waals surface area contributed by atoms with E-state index in [2.05, 4.69) is 21.2 Å². The van der Waals surface area contributed by atoms with Crippen molar-refractivity contribution in [2.24, 2.45) is 5.92 Å². The molecule has 1 amide bonds. The minimum atomic E-state index is -0.537. The molecule has 0 bridgehead atoms. The number of ether oxygens (including phenoxy) is 1. The molecular weight excluding hydrogens is 334 g/mol. The van der Waals surface area contributed by atoms with Crippen molar-refractivity contribution in [3.05, 3.63) is 40.4 Å². The Morgan fingerprint density at radius 2 is 1.86 bits per heavy atom. The Morgan fingerprint density at radius 1 is 1.24 bits per heavy atom. The number of halogens is 1. The zero-order valence-corrected chi connectivity index (χ0v) is 14.0. The molecule has 0 spiro atoms. The first-order chi connectivity index (χ1) is 9.88. The highest BCUT2D eigenvalue weighted by Gasteiger charge is 2.11. The molecule has 0 saturated heterocycles. The van der Waals surface area contributed by atoms with Gasteiger partial charge in [-0.25, -0.2) is 4.79 Å². The molecule has 0 saturated carbocycles. The molecule has 1 rings (SSSR count). The molecule has 0 radical (unpaired) electrons. The third kappa shape index (κ3) is 7.09. The maximum Gasteiger partial charge on any atom is 0.331 e. The second-order valence-electron chi connectivity index (χ2n) is 5.09. The second kappa shape index (κ2) is 8.62. The maximum atomic E-state index is 11.6. The molecule has 0 aromatic heterocycles. The lowest BCUT2D eigenvalue weighted by atomic mass is 10.1. The lowest BCUT2D eigenvalue weighted by molar-refractivity contribution is -0.144. The van der Waals surface area contributed by atoms with Gasteiger partial charge in [0, 0.05) is 16.6 Å². The molecule has 0 aliphatic carbocycles. The average Bonchev–Trinajstić information content (AvgIpc) is 2.44. The van der Waals surface area contributed by atoms with E-state index >= 15 is 0 Å². The summed E-state index contributed by atoms with van der Waals surface area (Å²) >= 11 is 3.34. The Kier molecular flexibility index (Phi) is 7.15. The van der Waals surface area contributed by atoms with Crippen LogP contribution >= 0.6 is 15.9 Å². The smallest absolute Gasteiger partial charge is 0.331 e. The van der Waals surface area contributed by atoms with Crippen molar-refractivity contribution in [2.75, 3.05) is 6.61 Å². The minimum Gasteiger partial charge on any atom is -0.452 e. The van der Waals surface area contributed by atoms with Gasteiger partial charge in [0.05, 0.1) is 0 Å². The Hall–Kier alpha value is -1.62. The van der Waals surface area contributed by atoms with E-state index in [9.17, 15) is 9.59 Å². The van der Waals surface area contributed by atoms with Crippen LogP contribution in [0.2, 0.25) is 0 Å². The van der Waals surface area contributed by atoms with Crippen molar-refractivity contribution in [3.63, 3.8) is 0 Å². The van der Waals surface area contributed by atoms with Crippen LogP contribution in [-0.2, 0) is 14.3 Å². The molecule has 5 heteroatoms. The van der Waals surface area contributed by atoms with Crippen LogP contribution in [0.5, 0.6) is 0 Å². The van der Waals surface area contributed by atoms with Gasteiger partial charge in [-0.3, -0.25) is 4.79 Å². The topological polar surface area (TPSA) is 55.4 Å². The molecule has 1 atom stereocenters. The minimum absolute atomic E-state index is 0.0505. The van der Waals surface area contributed by atoms with Crippen LogP contribution in [0.15, 0.2) is 34.8 Å². The largest absolute Gasteiger partial charge is 0.452 e. The van der Waals surface area contributed by atoms with Gasteiger partial charge in [0.15, 0.2) is 6.61 Å². The van der Waals surface area contributed by atoms with Gasteiger partial charge in [0.2, 0.25) is 0 Å². The summed E-state index contributed by atoms with van der Waals surface area (Å²) in [4.78, 5) is 23.1. The van der Waals surface area contributed by atoms with Gasteiger partial charge in [-0.05, 0) is 36.6 Å². The highest BCUT2D eigenvalue weighted by molar-refractivity contribution is 9.10. The zero-order chi connectivity index (χ0) is 15.8. The molecule has 1 aromatic carbocycles. The predicted molar refractivity (Wildman–Crippen MR) is 86.6 cm³/mol. The van der Waals surface area contributed by atoms with Crippen molar-refractivity contribution in [2.45, 2.75) is 26.8 Å². The van der Waals surface area contributed by atoms with Gasteiger partial charge in [-0.1, -0.05) is 41.9 Å². The summed E-state index contributed by atoms with van der Waals surface area (Å²) in [6, 6.07) is 7.54. The number of carbonyl (C=O) groups excluding carboxylic acids is 2. The van der Waals surface area contributed by atoms with E-state index < -0.39 is 5.97 Å². The SMILES string of the molecule is CC(C)[C@@H](C)NC(=O)COC(=O)/C=C/c1ccc(Br)cc1. The Bertz CT molecular complexity index is 509. The lowest BCUT2D eigenvalue weighted by Gasteiger charge is -2.16. The summed E-state index contributed by atoms with van der Waals surface area (Å²) < 4.78 is 5.85. The molecule has 0 heterocycles. The summed E-state index contributed by atoms with van der Waals surface area (Å²) in [5, 5.41) is 2.77. The van der Waals surface area contributed by atoms with E-state index in [4.69, 9.17) is 4.74 Å². The van der Waals surface area contributed by atoms with Crippen LogP contribution in [0, 0.1) is 5.92 Å². The van der Waals surface area contributed by atoms with E-state index in [1.165, 1.54) is 6.08 Å². The molecule has 0 aliphatic heterocycles. The first-order valence-corrected chi connectivity index (χ1v) is 7.57. The van der Waals surface area contributed by atoms with Crippen LogP contribution in [0.25, 0.3) is 6.08 Å². The van der Waals surface area contributed by atoms with E-state index in [1.807, 2.05) is 45.0 Å². The van der Waals surface area contributed by atoms with E-state index in [1.54, 1.807) is 6.08 Å². The number of benzene rings is 1. The first kappa shape index (κ1) is 17.4. The number of carbonyl (C=O) groups is 2. The molecule has 0 unspecified atom stereocenters. The van der Waals surface area contributed by atoms with Crippen LogP contribution in [0.4, 0.5) is 0 Å². The summed E-state index contributed by atoms with van der Waals surface area (Å²) in [6.07, 6.45) is 2.95. The first-order valence-electron chi connectivity index (χ1n) is 6.78. The number of rotatable bonds is 6. The van der Waals surface area contributed by atoms with Gasteiger partial charge in [-0.2, -0.15) is 0 Å². The van der Waals surface area contributed by atoms with Crippen LogP contribution < -0.4 is 5.32 Å². The van der Waals surface area contributed by atoms with E-state index in [-0.39, 0.29) is 18.6 Å². The third-order valence-corrected chi connectivity index (χ3v) is 3.54. The van der Waals surface area contributed by atoms with Gasteiger partial charge in [0.1, 0.15) is 0 Å². The fraction of sp³-hybridized carbons (Fsp3) is 0.375. The molecule has 4 nitrogen and oxygen atoms in total. The average molecular weight is 354 g/mol. The fourth-order valence-electron chi connectivity index (χ4n) is 1.39. The Morgan fingerprint density at radius 3 is 2.43 bits per heavy atom. The summed E-state index contributed by atoms with van der Waals surface area (Å²) in [5.41, 5.74) is 0.882. The van der Waals surface area contributed by atoms with Crippen LogP contribution in [0.1, 0.15) is 26.3 Å². The van der Waals surface area contributed by atoms with Crippen LogP contribution in [0.3, 0.4) is 0 Å². The molecular formula is C16H20BrNO3. The van der Waals surface area contributed by atoms with Gasteiger partial charge >= 0.3 is 5.97 Å². The predicted octanol–water partition coefficient (Wildman–Crippen LogP) is 3.17. The standard InChI is InChI=1S/C16H20BrNO3/c1-11(2)12(3)18-15(19)10-21-16(20)9-6-13-4-7-14(17)8-5-13/h4-9,11-12H,10H2,1-3H3,(H,18,19)/b9-6+/t12-/m1/s1. The molecule has 1 N–H and O–H groups in total. The van der Waals surface area contributed by atoms with Crippen molar-refractivity contribution < 1.29 is 14.3 Å². The van der Waals surface area contributed by atoms with Crippen molar-refractivity contribution in [1.82, 2.24) is 5.32 Å². The molecule has 21 heavy (non-hydrogen) atoms. The van der Waals surface area contributed by atoms with Gasteiger partial charge in [0.25, 0.3) is 5.91 Å². The molecule has 1 aromatic rings. The van der Waals surface area contributed by atoms with Gasteiger partial charge in [-0.15, -0.1) is 0 Å². The fourth-order valence-corrected chi connectivity index (χ4v) is 1.65. The lowest BCUT2D eigenvalue weighted by Crippen LogP contribution is -2.38. The van der Waals surface area contributed by atoms with Gasteiger partial charge < -0.3 is 10.1 Å². The van der Waals surface area contributed by atoms with E-state index in [0.29, 0.717) is 5.92 Å².